The Labute approximate surface area is 313 Å². The molecule has 7 N–H and O–H groups in total. The van der Waals surface area contributed by atoms with Crippen LogP contribution in [-0.4, -0.2) is 98.7 Å². The summed E-state index contributed by atoms with van der Waals surface area (Å²) in [5, 5.41) is 24.7. The highest BCUT2D eigenvalue weighted by Gasteiger charge is 2.49. The number of carbonyl (C=O) groups excluding carboxylic acids is 6. The lowest BCUT2D eigenvalue weighted by Gasteiger charge is -2.38. The molecule has 294 valence electrons. The molecule has 3 aliphatic rings. The lowest BCUT2D eigenvalue weighted by atomic mass is 9.78. The van der Waals surface area contributed by atoms with Crippen LogP contribution in [0.4, 0.5) is 0 Å². The number of primary amides is 2. The normalized spacial score (nSPS) is 21.2. The Morgan fingerprint density at radius 2 is 1.61 bits per heavy atom. The molecular formula is C36H50N8O9S. The number of rotatable bonds is 14. The van der Waals surface area contributed by atoms with Crippen molar-refractivity contribution >= 4 is 45.2 Å². The fourth-order valence-electron chi connectivity index (χ4n) is 8.06. The van der Waals surface area contributed by atoms with Crippen molar-refractivity contribution in [1.82, 2.24) is 30.5 Å². The number of amides is 5. The Bertz CT molecular complexity index is 1860. The Morgan fingerprint density at radius 1 is 0.981 bits per heavy atom. The van der Waals surface area contributed by atoms with E-state index in [4.69, 9.17) is 11.5 Å². The van der Waals surface area contributed by atoms with Gasteiger partial charge < -0.3 is 32.1 Å². The standard InChI is InChI=1S/C36H50N8O9S/c1-35(2,51)28-19-39-42-44(28)24-18-27(33(49)41-36(30(46)31(38)47)15-7-4-8-16-36)43(20-24)34(50)26(17-22-9-5-3-6-10-22)40-32(48)23-11-13-25(14-12-23)54(52,53)21-29(37)45/h11-14,19,22,24,26-27,51H,3-10,15-18,20-21H2,1-2H3,(H2,37,45)(H2,38,47)(H,40,48)(H,41,49)/t24?,26-,27?/m1/s1. The van der Waals surface area contributed by atoms with E-state index < -0.39 is 80.2 Å². The molecule has 3 atom stereocenters. The van der Waals surface area contributed by atoms with Crippen LogP contribution in [0.5, 0.6) is 0 Å². The van der Waals surface area contributed by atoms with E-state index in [9.17, 15) is 42.3 Å². The number of hydrogen-bond acceptors (Lipinski definition) is 11. The molecule has 5 amide bonds. The number of Topliss-reactive ketones (excluding diaryl/α,β-unsaturated/α-hetero) is 1. The van der Waals surface area contributed by atoms with E-state index in [-0.39, 0.29) is 48.6 Å². The lowest BCUT2D eigenvalue weighted by molar-refractivity contribution is -0.145. The first-order chi connectivity index (χ1) is 25.4. The van der Waals surface area contributed by atoms with Gasteiger partial charge in [0, 0.05) is 18.5 Å². The van der Waals surface area contributed by atoms with Gasteiger partial charge in [0.05, 0.1) is 22.8 Å². The van der Waals surface area contributed by atoms with E-state index in [0.717, 1.165) is 38.5 Å². The molecule has 2 heterocycles. The van der Waals surface area contributed by atoms with Gasteiger partial charge in [-0.25, -0.2) is 13.1 Å². The highest BCUT2D eigenvalue weighted by Crippen LogP contribution is 2.35. The molecule has 18 heteroatoms. The molecule has 2 saturated carbocycles. The van der Waals surface area contributed by atoms with Crippen LogP contribution in [0.3, 0.4) is 0 Å². The van der Waals surface area contributed by atoms with E-state index in [1.54, 1.807) is 13.8 Å². The number of nitrogens with two attached hydrogens (primary N) is 2. The SMILES string of the molecule is CC(C)(O)c1cnnn1C1CC(C(=O)NC2(C(=O)C(N)=O)CCCCC2)N(C(=O)[C@@H](CC2CCCCC2)NC(=O)c2ccc(S(=O)(=O)CC(N)=O)cc2)C1. The average Bonchev–Trinajstić information content (AvgIpc) is 3.80. The minimum atomic E-state index is -4.02. The van der Waals surface area contributed by atoms with E-state index in [1.165, 1.54) is 40.0 Å². The largest absolute Gasteiger partial charge is 0.384 e. The van der Waals surface area contributed by atoms with Crippen molar-refractivity contribution in [1.29, 1.82) is 0 Å². The lowest BCUT2D eigenvalue weighted by Crippen LogP contribution is -2.62. The number of benzene rings is 1. The maximum absolute atomic E-state index is 14.8. The Hall–Kier alpha value is -4.71. The molecular weight excluding hydrogens is 721 g/mol. The molecule has 1 saturated heterocycles. The number of hydrogen-bond donors (Lipinski definition) is 5. The van der Waals surface area contributed by atoms with Gasteiger partial charge in [-0.3, -0.25) is 28.8 Å². The fraction of sp³-hybridized carbons (Fsp3) is 0.611. The predicted molar refractivity (Wildman–Crippen MR) is 193 cm³/mol. The molecule has 2 unspecified atom stereocenters. The summed E-state index contributed by atoms with van der Waals surface area (Å²) < 4.78 is 26.5. The molecule has 1 aromatic heterocycles. The van der Waals surface area contributed by atoms with E-state index >= 15 is 0 Å². The molecule has 1 aromatic carbocycles. The number of aliphatic hydroxyl groups is 1. The quantitative estimate of drug-likeness (QED) is 0.166. The number of likely N-dealkylation sites (tertiary alicyclic amines) is 1. The number of carbonyl (C=O) groups is 6. The van der Waals surface area contributed by atoms with Crippen molar-refractivity contribution in [3.63, 3.8) is 0 Å². The summed E-state index contributed by atoms with van der Waals surface area (Å²) in [6.45, 7) is 3.06. The van der Waals surface area contributed by atoms with Gasteiger partial charge in [0.1, 0.15) is 29.0 Å². The van der Waals surface area contributed by atoms with Gasteiger partial charge in [-0.15, -0.1) is 5.10 Å². The highest BCUT2D eigenvalue weighted by molar-refractivity contribution is 7.92. The summed E-state index contributed by atoms with van der Waals surface area (Å²) in [4.78, 5) is 80.6. The van der Waals surface area contributed by atoms with Crippen molar-refractivity contribution < 1.29 is 42.3 Å². The molecule has 54 heavy (non-hydrogen) atoms. The monoisotopic (exact) mass is 770 g/mol. The van der Waals surface area contributed by atoms with Crippen LogP contribution >= 0.6 is 0 Å². The van der Waals surface area contributed by atoms with E-state index in [2.05, 4.69) is 20.9 Å². The zero-order valence-electron chi connectivity index (χ0n) is 30.7. The van der Waals surface area contributed by atoms with Gasteiger partial charge in [0.25, 0.3) is 11.8 Å². The number of nitrogens with one attached hydrogen (secondary N) is 2. The second-order valence-corrected chi connectivity index (χ2v) is 17.3. The summed E-state index contributed by atoms with van der Waals surface area (Å²) in [7, 11) is -4.02. The van der Waals surface area contributed by atoms with E-state index in [0.29, 0.717) is 18.5 Å². The molecule has 2 aromatic rings. The summed E-state index contributed by atoms with van der Waals surface area (Å²) in [6.07, 6.45) is 8.72. The first-order valence-electron chi connectivity index (χ1n) is 18.4. The van der Waals surface area contributed by atoms with E-state index in [1.807, 2.05) is 0 Å². The van der Waals surface area contributed by atoms with Crippen LogP contribution in [0.15, 0.2) is 35.4 Å². The Balaban J connectivity index is 1.47. The van der Waals surface area contributed by atoms with Crippen molar-refractivity contribution in [2.24, 2.45) is 17.4 Å². The topological polar surface area (TPSA) is 267 Å². The van der Waals surface area contributed by atoms with Crippen molar-refractivity contribution in [3.05, 3.63) is 41.7 Å². The van der Waals surface area contributed by atoms with Gasteiger partial charge in [-0.05, 0) is 63.3 Å². The number of nitrogens with zero attached hydrogens (tertiary/aromatic N) is 4. The third kappa shape index (κ3) is 9.14. The van der Waals surface area contributed by atoms with Crippen LogP contribution in [0.25, 0.3) is 0 Å². The molecule has 3 fully saturated rings. The summed E-state index contributed by atoms with van der Waals surface area (Å²) in [5.74, 6) is -5.77. The maximum atomic E-state index is 14.8. The van der Waals surface area contributed by atoms with Crippen LogP contribution in [0.2, 0.25) is 0 Å². The minimum absolute atomic E-state index is 0.0240. The Morgan fingerprint density at radius 3 is 2.20 bits per heavy atom. The second-order valence-electron chi connectivity index (χ2n) is 15.4. The maximum Gasteiger partial charge on any atom is 0.287 e. The number of aromatic nitrogens is 3. The van der Waals surface area contributed by atoms with Gasteiger partial charge in [0.2, 0.25) is 23.5 Å². The van der Waals surface area contributed by atoms with Crippen LogP contribution in [0, 0.1) is 5.92 Å². The summed E-state index contributed by atoms with van der Waals surface area (Å²) in [6, 6.07) is 2.01. The van der Waals surface area contributed by atoms with Crippen LogP contribution < -0.4 is 22.1 Å². The average molecular weight is 771 g/mol. The van der Waals surface area contributed by atoms with Crippen molar-refractivity contribution in [2.45, 2.75) is 125 Å². The molecule has 0 spiro atoms. The van der Waals surface area contributed by atoms with Gasteiger partial charge in [0.15, 0.2) is 9.84 Å². The zero-order chi connectivity index (χ0) is 39.4. The Kier molecular flexibility index (Phi) is 12.2. The van der Waals surface area contributed by atoms with Gasteiger partial charge in [-0.1, -0.05) is 56.6 Å². The fourth-order valence-corrected chi connectivity index (χ4v) is 9.15. The third-order valence-electron chi connectivity index (χ3n) is 10.8. The van der Waals surface area contributed by atoms with Crippen LogP contribution in [-0.2, 0) is 39.4 Å². The number of ketones is 1. The minimum Gasteiger partial charge on any atom is -0.384 e. The molecule has 5 rings (SSSR count). The smallest absolute Gasteiger partial charge is 0.287 e. The van der Waals surface area contributed by atoms with Crippen LogP contribution in [0.1, 0.15) is 113 Å². The summed E-state index contributed by atoms with van der Waals surface area (Å²) >= 11 is 0. The molecule has 1 aliphatic heterocycles. The first-order valence-corrected chi connectivity index (χ1v) is 20.1. The zero-order valence-corrected chi connectivity index (χ0v) is 31.5. The molecule has 0 radical (unpaired) electrons. The third-order valence-corrected chi connectivity index (χ3v) is 12.5. The highest BCUT2D eigenvalue weighted by atomic mass is 32.2. The first kappa shape index (κ1) is 40.5. The van der Waals surface area contributed by atoms with Crippen molar-refractivity contribution in [2.75, 3.05) is 12.3 Å². The van der Waals surface area contributed by atoms with Gasteiger partial charge >= 0.3 is 0 Å². The van der Waals surface area contributed by atoms with Crippen molar-refractivity contribution in [3.8, 4) is 0 Å². The molecule has 0 bridgehead atoms. The predicted octanol–water partition coefficient (Wildman–Crippen LogP) is 0.549. The number of sulfone groups is 1. The molecule has 2 aliphatic carbocycles. The van der Waals surface area contributed by atoms with Gasteiger partial charge in [-0.2, -0.15) is 0 Å². The second kappa shape index (κ2) is 16.3. The summed E-state index contributed by atoms with van der Waals surface area (Å²) in [5.41, 5.74) is 8.03. The molecule has 17 nitrogen and oxygen atoms in total.